The molecule has 0 saturated heterocycles. The second kappa shape index (κ2) is 13.9. The Morgan fingerprint density at radius 2 is 1.37 bits per heavy atom. The Hall–Kier alpha value is -0.570. The van der Waals surface area contributed by atoms with Gasteiger partial charge in [0, 0.05) is 13.1 Å². The summed E-state index contributed by atoms with van der Waals surface area (Å²) in [5.41, 5.74) is 0. The molecule has 0 aromatic heterocycles. The van der Waals surface area contributed by atoms with Gasteiger partial charge in [0.25, 0.3) is 0 Å². The topological polar surface area (TPSA) is 32.3 Å². The van der Waals surface area contributed by atoms with Crippen molar-refractivity contribution in [2.75, 3.05) is 26.2 Å². The summed E-state index contributed by atoms with van der Waals surface area (Å²) < 4.78 is 0. The SMILES string of the molecule is CCCCCCCCCCNCC(=O)N(CC)CC. The molecule has 0 aromatic rings. The number of carbonyl (C=O) groups excluding carboxylic acids is 1. The lowest BCUT2D eigenvalue weighted by atomic mass is 10.1. The van der Waals surface area contributed by atoms with E-state index in [2.05, 4.69) is 12.2 Å². The van der Waals surface area contributed by atoms with E-state index in [1.165, 1.54) is 51.4 Å². The van der Waals surface area contributed by atoms with E-state index in [0.717, 1.165) is 19.6 Å². The molecule has 0 rings (SSSR count). The average Bonchev–Trinajstić information content (AvgIpc) is 2.42. The quantitative estimate of drug-likeness (QED) is 0.519. The van der Waals surface area contributed by atoms with E-state index in [4.69, 9.17) is 0 Å². The summed E-state index contributed by atoms with van der Waals surface area (Å²) >= 11 is 0. The molecule has 1 N–H and O–H groups in total. The maximum Gasteiger partial charge on any atom is 0.236 e. The molecule has 0 heterocycles. The minimum atomic E-state index is 0.226. The molecule has 114 valence electrons. The van der Waals surface area contributed by atoms with Crippen LogP contribution in [0.25, 0.3) is 0 Å². The minimum absolute atomic E-state index is 0.226. The van der Waals surface area contributed by atoms with E-state index in [1.807, 2.05) is 18.7 Å². The van der Waals surface area contributed by atoms with E-state index >= 15 is 0 Å². The zero-order valence-electron chi connectivity index (χ0n) is 13.3. The summed E-state index contributed by atoms with van der Waals surface area (Å²) in [5, 5.41) is 3.25. The van der Waals surface area contributed by atoms with Crippen LogP contribution in [-0.2, 0) is 4.79 Å². The highest BCUT2D eigenvalue weighted by Gasteiger charge is 2.07. The van der Waals surface area contributed by atoms with Crippen molar-refractivity contribution in [3.8, 4) is 0 Å². The summed E-state index contributed by atoms with van der Waals surface area (Å²) in [5.74, 6) is 0.226. The van der Waals surface area contributed by atoms with Crippen molar-refractivity contribution in [3.63, 3.8) is 0 Å². The lowest BCUT2D eigenvalue weighted by Gasteiger charge is -2.18. The zero-order valence-corrected chi connectivity index (χ0v) is 13.3. The van der Waals surface area contributed by atoms with Gasteiger partial charge in [-0.3, -0.25) is 4.79 Å². The van der Waals surface area contributed by atoms with Crippen molar-refractivity contribution in [1.29, 1.82) is 0 Å². The monoisotopic (exact) mass is 270 g/mol. The smallest absolute Gasteiger partial charge is 0.236 e. The van der Waals surface area contributed by atoms with Gasteiger partial charge in [-0.05, 0) is 26.8 Å². The summed E-state index contributed by atoms with van der Waals surface area (Å²) in [7, 11) is 0. The second-order valence-electron chi connectivity index (χ2n) is 5.22. The van der Waals surface area contributed by atoms with Crippen LogP contribution in [0.15, 0.2) is 0 Å². The fourth-order valence-corrected chi connectivity index (χ4v) is 2.27. The predicted molar refractivity (Wildman–Crippen MR) is 83.4 cm³/mol. The third-order valence-electron chi connectivity index (χ3n) is 3.60. The van der Waals surface area contributed by atoms with Crippen LogP contribution in [-0.4, -0.2) is 37.0 Å². The van der Waals surface area contributed by atoms with E-state index in [1.54, 1.807) is 0 Å². The highest BCUT2D eigenvalue weighted by Crippen LogP contribution is 2.07. The number of carbonyl (C=O) groups is 1. The number of unbranched alkanes of at least 4 members (excludes halogenated alkanes) is 7. The Bertz CT molecular complexity index is 203. The Balaban J connectivity index is 3.24. The summed E-state index contributed by atoms with van der Waals surface area (Å²) in [6, 6.07) is 0. The van der Waals surface area contributed by atoms with Crippen LogP contribution in [0, 0.1) is 0 Å². The van der Waals surface area contributed by atoms with Gasteiger partial charge < -0.3 is 10.2 Å². The van der Waals surface area contributed by atoms with Crippen LogP contribution in [0.5, 0.6) is 0 Å². The van der Waals surface area contributed by atoms with Gasteiger partial charge in [-0.2, -0.15) is 0 Å². The second-order valence-corrected chi connectivity index (χ2v) is 5.22. The first-order valence-corrected chi connectivity index (χ1v) is 8.24. The minimum Gasteiger partial charge on any atom is -0.342 e. The molecule has 0 atom stereocenters. The summed E-state index contributed by atoms with van der Waals surface area (Å²) in [4.78, 5) is 13.6. The van der Waals surface area contributed by atoms with Crippen molar-refractivity contribution >= 4 is 5.91 Å². The Morgan fingerprint density at radius 1 is 0.842 bits per heavy atom. The van der Waals surface area contributed by atoms with Gasteiger partial charge in [0.05, 0.1) is 6.54 Å². The van der Waals surface area contributed by atoms with Gasteiger partial charge in [-0.15, -0.1) is 0 Å². The van der Waals surface area contributed by atoms with E-state index in [9.17, 15) is 4.79 Å². The predicted octanol–water partition coefficient (Wildman–Crippen LogP) is 3.59. The molecule has 0 fully saturated rings. The van der Waals surface area contributed by atoms with Crippen LogP contribution in [0.3, 0.4) is 0 Å². The number of amides is 1. The molecule has 1 amide bonds. The molecule has 19 heavy (non-hydrogen) atoms. The maximum absolute atomic E-state index is 11.7. The highest BCUT2D eigenvalue weighted by atomic mass is 16.2. The van der Waals surface area contributed by atoms with Crippen molar-refractivity contribution < 1.29 is 4.79 Å². The number of hydrogen-bond acceptors (Lipinski definition) is 2. The Labute approximate surface area is 120 Å². The van der Waals surface area contributed by atoms with Crippen molar-refractivity contribution in [3.05, 3.63) is 0 Å². The van der Waals surface area contributed by atoms with Crippen molar-refractivity contribution in [2.45, 2.75) is 72.1 Å². The van der Waals surface area contributed by atoms with Gasteiger partial charge in [-0.1, -0.05) is 51.9 Å². The molecule has 0 saturated carbocycles. The van der Waals surface area contributed by atoms with Gasteiger partial charge in [0.1, 0.15) is 0 Å². The highest BCUT2D eigenvalue weighted by molar-refractivity contribution is 5.78. The van der Waals surface area contributed by atoms with E-state index in [-0.39, 0.29) is 5.91 Å². The van der Waals surface area contributed by atoms with E-state index in [0.29, 0.717) is 6.54 Å². The lowest BCUT2D eigenvalue weighted by molar-refractivity contribution is -0.129. The Kier molecular flexibility index (Phi) is 13.4. The number of rotatable bonds is 13. The van der Waals surface area contributed by atoms with Crippen LogP contribution < -0.4 is 5.32 Å². The molecule has 0 unspecified atom stereocenters. The maximum atomic E-state index is 11.7. The number of nitrogens with one attached hydrogen (secondary N) is 1. The molecule has 0 aliphatic rings. The van der Waals surface area contributed by atoms with Crippen molar-refractivity contribution in [1.82, 2.24) is 10.2 Å². The van der Waals surface area contributed by atoms with Gasteiger partial charge >= 0.3 is 0 Å². The van der Waals surface area contributed by atoms with Crippen LogP contribution in [0.4, 0.5) is 0 Å². The summed E-state index contributed by atoms with van der Waals surface area (Å²) in [6.45, 7) is 9.41. The van der Waals surface area contributed by atoms with Gasteiger partial charge in [0.2, 0.25) is 5.91 Å². The third kappa shape index (κ3) is 11.0. The fraction of sp³-hybridized carbons (Fsp3) is 0.938. The molecule has 3 nitrogen and oxygen atoms in total. The molecule has 0 aliphatic carbocycles. The summed E-state index contributed by atoms with van der Waals surface area (Å²) in [6.07, 6.45) is 10.7. The standard InChI is InChI=1S/C16H34N2O/c1-4-7-8-9-10-11-12-13-14-17-15-16(19)18(5-2)6-3/h17H,4-15H2,1-3H3. The number of nitrogens with zero attached hydrogens (tertiary/aromatic N) is 1. The van der Waals surface area contributed by atoms with Crippen molar-refractivity contribution in [2.24, 2.45) is 0 Å². The molecule has 0 radical (unpaired) electrons. The molecule has 0 aliphatic heterocycles. The van der Waals surface area contributed by atoms with Crippen LogP contribution in [0.1, 0.15) is 72.1 Å². The first kappa shape index (κ1) is 18.4. The average molecular weight is 270 g/mol. The van der Waals surface area contributed by atoms with Gasteiger partial charge in [0.15, 0.2) is 0 Å². The first-order chi connectivity index (χ1) is 9.26. The first-order valence-electron chi connectivity index (χ1n) is 8.24. The molecular weight excluding hydrogens is 236 g/mol. The zero-order chi connectivity index (χ0) is 14.3. The van der Waals surface area contributed by atoms with Crippen LogP contribution >= 0.6 is 0 Å². The number of likely N-dealkylation sites (N-methyl/N-ethyl adjacent to an activating group) is 1. The molecule has 0 aromatic carbocycles. The van der Waals surface area contributed by atoms with E-state index < -0.39 is 0 Å². The molecule has 3 heteroatoms. The molecule has 0 bridgehead atoms. The fourth-order valence-electron chi connectivity index (χ4n) is 2.27. The lowest BCUT2D eigenvalue weighted by Crippen LogP contribution is -2.38. The molecule has 0 spiro atoms. The van der Waals surface area contributed by atoms with Gasteiger partial charge in [-0.25, -0.2) is 0 Å². The third-order valence-corrected chi connectivity index (χ3v) is 3.60. The van der Waals surface area contributed by atoms with Crippen LogP contribution in [0.2, 0.25) is 0 Å². The Morgan fingerprint density at radius 3 is 1.89 bits per heavy atom. The number of hydrogen-bond donors (Lipinski definition) is 1. The molecular formula is C16H34N2O. The largest absolute Gasteiger partial charge is 0.342 e. The normalized spacial score (nSPS) is 10.7.